The van der Waals surface area contributed by atoms with Gasteiger partial charge in [0.25, 0.3) is 5.91 Å². The highest BCUT2D eigenvalue weighted by molar-refractivity contribution is 7.98. The average molecular weight is 382 g/mol. The Labute approximate surface area is 162 Å². The van der Waals surface area contributed by atoms with E-state index in [4.69, 9.17) is 0 Å². The molecular formula is C19H22N6OS. The minimum atomic E-state index is -0.132. The van der Waals surface area contributed by atoms with Gasteiger partial charge < -0.3 is 14.8 Å². The zero-order valence-corrected chi connectivity index (χ0v) is 16.4. The second-order valence-electron chi connectivity index (χ2n) is 6.23. The fraction of sp³-hybridized carbons (Fsp3) is 0.263. The number of amides is 1. The fourth-order valence-electron chi connectivity index (χ4n) is 2.43. The molecule has 3 aromatic rings. The zero-order chi connectivity index (χ0) is 19.2. The van der Waals surface area contributed by atoms with Gasteiger partial charge in [0.15, 0.2) is 11.0 Å². The van der Waals surface area contributed by atoms with Crippen LogP contribution < -0.4 is 10.2 Å². The van der Waals surface area contributed by atoms with Crippen molar-refractivity contribution < 1.29 is 4.79 Å². The third-order valence-electron chi connectivity index (χ3n) is 4.07. The van der Waals surface area contributed by atoms with Gasteiger partial charge >= 0.3 is 0 Å². The molecule has 7 nitrogen and oxygen atoms in total. The van der Waals surface area contributed by atoms with E-state index < -0.39 is 0 Å². The lowest BCUT2D eigenvalue weighted by molar-refractivity contribution is 0.0949. The van der Waals surface area contributed by atoms with Crippen LogP contribution in [0.2, 0.25) is 0 Å². The summed E-state index contributed by atoms with van der Waals surface area (Å²) in [5.74, 6) is 1.35. The lowest BCUT2D eigenvalue weighted by Crippen LogP contribution is -2.24. The lowest BCUT2D eigenvalue weighted by atomic mass is 10.2. The Morgan fingerprint density at radius 3 is 2.63 bits per heavy atom. The van der Waals surface area contributed by atoms with Crippen molar-refractivity contribution in [1.29, 1.82) is 0 Å². The van der Waals surface area contributed by atoms with Gasteiger partial charge in [-0.15, -0.1) is 10.2 Å². The number of aromatic nitrogens is 4. The molecule has 0 unspecified atom stereocenters. The standard InChI is InChI=1S/C19H22N6OS/c1-24(2)16-8-6-15(7-9-16)18(26)21-12-17-22-23-19(25(17)3)27-13-14-5-4-10-20-11-14/h4-11H,12-13H2,1-3H3,(H,21,26). The largest absolute Gasteiger partial charge is 0.378 e. The van der Waals surface area contributed by atoms with Crippen LogP contribution in [0, 0.1) is 0 Å². The normalized spacial score (nSPS) is 10.6. The van der Waals surface area contributed by atoms with Crippen LogP contribution in [0.3, 0.4) is 0 Å². The Morgan fingerprint density at radius 1 is 1.19 bits per heavy atom. The molecule has 27 heavy (non-hydrogen) atoms. The van der Waals surface area contributed by atoms with Gasteiger partial charge in [-0.3, -0.25) is 9.78 Å². The number of carbonyl (C=O) groups excluding carboxylic acids is 1. The molecule has 1 N–H and O–H groups in total. The minimum Gasteiger partial charge on any atom is -0.378 e. The molecule has 3 rings (SSSR count). The minimum absolute atomic E-state index is 0.132. The quantitative estimate of drug-likeness (QED) is 0.633. The van der Waals surface area contributed by atoms with Crippen molar-refractivity contribution in [2.75, 3.05) is 19.0 Å². The van der Waals surface area contributed by atoms with E-state index in [1.165, 1.54) is 0 Å². The lowest BCUT2D eigenvalue weighted by Gasteiger charge is -2.12. The van der Waals surface area contributed by atoms with Gasteiger partial charge in [0.05, 0.1) is 6.54 Å². The summed E-state index contributed by atoms with van der Waals surface area (Å²) in [6.07, 6.45) is 3.59. The Morgan fingerprint density at radius 2 is 1.96 bits per heavy atom. The van der Waals surface area contributed by atoms with Gasteiger partial charge in [0.1, 0.15) is 0 Å². The Bertz CT molecular complexity index is 892. The predicted octanol–water partition coefficient (Wildman–Crippen LogP) is 2.50. The summed E-state index contributed by atoms with van der Waals surface area (Å²) in [5.41, 5.74) is 2.80. The summed E-state index contributed by atoms with van der Waals surface area (Å²) in [5, 5.41) is 12.1. The molecule has 0 saturated carbocycles. The number of hydrogen-bond donors (Lipinski definition) is 1. The fourth-order valence-corrected chi connectivity index (χ4v) is 3.29. The number of benzene rings is 1. The monoisotopic (exact) mass is 382 g/mol. The number of anilines is 1. The topological polar surface area (TPSA) is 75.9 Å². The molecule has 8 heteroatoms. The number of thioether (sulfide) groups is 1. The van der Waals surface area contributed by atoms with Crippen LogP contribution in [-0.4, -0.2) is 39.8 Å². The van der Waals surface area contributed by atoms with Gasteiger partial charge in [0.2, 0.25) is 0 Å². The molecule has 0 radical (unpaired) electrons. The molecule has 0 aliphatic rings. The first-order valence-corrected chi connectivity index (χ1v) is 9.48. The smallest absolute Gasteiger partial charge is 0.251 e. The second kappa shape index (κ2) is 8.68. The molecule has 0 spiro atoms. The summed E-state index contributed by atoms with van der Waals surface area (Å²) in [4.78, 5) is 18.4. The van der Waals surface area contributed by atoms with Crippen LogP contribution in [0.4, 0.5) is 5.69 Å². The van der Waals surface area contributed by atoms with Crippen molar-refractivity contribution in [3.8, 4) is 0 Å². The molecular weight excluding hydrogens is 360 g/mol. The van der Waals surface area contributed by atoms with Crippen molar-refractivity contribution in [1.82, 2.24) is 25.1 Å². The van der Waals surface area contributed by atoms with Crippen LogP contribution in [0.15, 0.2) is 53.9 Å². The average Bonchev–Trinajstić information content (AvgIpc) is 3.05. The maximum Gasteiger partial charge on any atom is 0.251 e. The highest BCUT2D eigenvalue weighted by Crippen LogP contribution is 2.20. The van der Waals surface area contributed by atoms with E-state index in [9.17, 15) is 4.79 Å². The van der Waals surface area contributed by atoms with Crippen LogP contribution in [0.1, 0.15) is 21.7 Å². The van der Waals surface area contributed by atoms with Gasteiger partial charge in [-0.05, 0) is 35.9 Å². The molecule has 2 heterocycles. The SMILES string of the molecule is CN(C)c1ccc(C(=O)NCc2nnc(SCc3cccnc3)n2C)cc1. The highest BCUT2D eigenvalue weighted by Gasteiger charge is 2.12. The maximum absolute atomic E-state index is 12.3. The van der Waals surface area contributed by atoms with Crippen molar-refractivity contribution in [3.63, 3.8) is 0 Å². The summed E-state index contributed by atoms with van der Waals surface area (Å²) in [6, 6.07) is 11.4. The summed E-state index contributed by atoms with van der Waals surface area (Å²) in [7, 11) is 5.83. The molecule has 0 saturated heterocycles. The molecule has 0 fully saturated rings. The Balaban J connectivity index is 1.56. The number of rotatable bonds is 7. The molecule has 1 amide bonds. The number of pyridine rings is 1. The number of carbonyl (C=O) groups is 1. The number of nitrogens with zero attached hydrogens (tertiary/aromatic N) is 5. The molecule has 0 aliphatic carbocycles. The first-order valence-electron chi connectivity index (χ1n) is 8.50. The zero-order valence-electron chi connectivity index (χ0n) is 15.6. The van der Waals surface area contributed by atoms with Gasteiger partial charge in [0, 0.05) is 50.5 Å². The van der Waals surface area contributed by atoms with Crippen LogP contribution >= 0.6 is 11.8 Å². The number of hydrogen-bond acceptors (Lipinski definition) is 6. The van der Waals surface area contributed by atoms with Crippen molar-refractivity contribution in [3.05, 3.63) is 65.7 Å². The van der Waals surface area contributed by atoms with E-state index >= 15 is 0 Å². The van der Waals surface area contributed by atoms with E-state index in [-0.39, 0.29) is 5.91 Å². The van der Waals surface area contributed by atoms with Crippen LogP contribution in [0.5, 0.6) is 0 Å². The molecule has 2 aromatic heterocycles. The van der Waals surface area contributed by atoms with Crippen molar-refractivity contribution in [2.24, 2.45) is 7.05 Å². The summed E-state index contributed by atoms with van der Waals surface area (Å²) < 4.78 is 1.90. The molecule has 1 aromatic carbocycles. The van der Waals surface area contributed by atoms with Gasteiger partial charge in [-0.2, -0.15) is 0 Å². The van der Waals surface area contributed by atoms with Gasteiger partial charge in [-0.1, -0.05) is 17.8 Å². The van der Waals surface area contributed by atoms with E-state index in [1.807, 2.05) is 73.2 Å². The third kappa shape index (κ3) is 4.85. The van der Waals surface area contributed by atoms with E-state index in [2.05, 4.69) is 20.5 Å². The van der Waals surface area contributed by atoms with E-state index in [0.29, 0.717) is 17.9 Å². The second-order valence-corrected chi connectivity index (χ2v) is 7.17. The van der Waals surface area contributed by atoms with Crippen LogP contribution in [0.25, 0.3) is 0 Å². The molecule has 0 bridgehead atoms. The summed E-state index contributed by atoms with van der Waals surface area (Å²) >= 11 is 1.59. The van der Waals surface area contributed by atoms with Crippen molar-refractivity contribution in [2.45, 2.75) is 17.5 Å². The Kier molecular flexibility index (Phi) is 6.08. The first kappa shape index (κ1) is 18.9. The third-order valence-corrected chi connectivity index (χ3v) is 5.16. The highest BCUT2D eigenvalue weighted by atomic mass is 32.2. The van der Waals surface area contributed by atoms with Gasteiger partial charge in [-0.25, -0.2) is 0 Å². The molecule has 0 atom stereocenters. The first-order chi connectivity index (χ1) is 13.0. The van der Waals surface area contributed by atoms with E-state index in [0.717, 1.165) is 22.2 Å². The van der Waals surface area contributed by atoms with Crippen LogP contribution in [-0.2, 0) is 19.3 Å². The predicted molar refractivity (Wildman–Crippen MR) is 107 cm³/mol. The number of nitrogens with one attached hydrogen (secondary N) is 1. The van der Waals surface area contributed by atoms with Crippen molar-refractivity contribution >= 4 is 23.4 Å². The maximum atomic E-state index is 12.3. The molecule has 0 aliphatic heterocycles. The molecule has 140 valence electrons. The van der Waals surface area contributed by atoms with E-state index in [1.54, 1.807) is 18.0 Å². The summed E-state index contributed by atoms with van der Waals surface area (Å²) in [6.45, 7) is 0.325. The Hall–Kier alpha value is -2.87.